The molecule has 2 N–H and O–H groups in total. The number of carbonyl (C=O) groups excluding carboxylic acids is 3. The summed E-state index contributed by atoms with van der Waals surface area (Å²) in [4.78, 5) is 36.6. The minimum atomic E-state index is -0.960. The number of nitrogens with one attached hydrogen (secondary N) is 2. The fourth-order valence-electron chi connectivity index (χ4n) is 2.70. The number of nitrogens with zero attached hydrogens (tertiary/aromatic N) is 1. The molecule has 0 unspecified atom stereocenters. The van der Waals surface area contributed by atoms with E-state index in [9.17, 15) is 14.4 Å². The number of anilines is 1. The van der Waals surface area contributed by atoms with E-state index < -0.39 is 17.8 Å². The summed E-state index contributed by atoms with van der Waals surface area (Å²) < 4.78 is 5.51. The summed E-state index contributed by atoms with van der Waals surface area (Å²) in [6.07, 6.45) is 0. The molecule has 0 saturated carbocycles. The van der Waals surface area contributed by atoms with Gasteiger partial charge in [0.2, 0.25) is 0 Å². The Morgan fingerprint density at radius 2 is 1.62 bits per heavy atom. The monoisotopic (exact) mass is 449 g/mol. The van der Waals surface area contributed by atoms with E-state index in [1.165, 1.54) is 6.07 Å². The van der Waals surface area contributed by atoms with Crippen LogP contribution in [0, 0.1) is 6.92 Å². The maximum atomic E-state index is 12.5. The highest BCUT2D eigenvalue weighted by Crippen LogP contribution is 2.20. The second-order valence-electron chi connectivity index (χ2n) is 6.85. The van der Waals surface area contributed by atoms with Crippen molar-refractivity contribution in [2.75, 3.05) is 5.32 Å². The van der Waals surface area contributed by atoms with Crippen molar-refractivity contribution in [3.63, 3.8) is 0 Å². The maximum absolute atomic E-state index is 12.5. The molecular formula is C24H20ClN3O4. The van der Waals surface area contributed by atoms with E-state index in [-0.39, 0.29) is 5.75 Å². The molecule has 0 aliphatic rings. The van der Waals surface area contributed by atoms with Crippen molar-refractivity contribution in [2.45, 2.75) is 13.8 Å². The van der Waals surface area contributed by atoms with E-state index in [4.69, 9.17) is 16.3 Å². The molecule has 3 aromatic rings. The van der Waals surface area contributed by atoms with Crippen molar-refractivity contribution in [1.82, 2.24) is 5.43 Å². The molecule has 8 heteroatoms. The molecule has 0 spiro atoms. The molecule has 0 saturated heterocycles. The number of rotatable bonds is 5. The first-order valence-electron chi connectivity index (χ1n) is 9.63. The molecule has 0 aromatic heterocycles. The van der Waals surface area contributed by atoms with Gasteiger partial charge < -0.3 is 10.1 Å². The number of benzene rings is 3. The summed E-state index contributed by atoms with van der Waals surface area (Å²) in [5.41, 5.74) is 4.85. The number of esters is 1. The van der Waals surface area contributed by atoms with Crippen LogP contribution in [-0.4, -0.2) is 23.5 Å². The average molecular weight is 450 g/mol. The van der Waals surface area contributed by atoms with Crippen LogP contribution in [0.15, 0.2) is 77.9 Å². The minimum Gasteiger partial charge on any atom is -0.422 e. The molecule has 0 fully saturated rings. The molecule has 162 valence electrons. The Morgan fingerprint density at radius 1 is 0.906 bits per heavy atom. The van der Waals surface area contributed by atoms with Crippen LogP contribution in [0.1, 0.15) is 28.4 Å². The van der Waals surface area contributed by atoms with Crippen LogP contribution in [0.25, 0.3) is 0 Å². The van der Waals surface area contributed by atoms with E-state index in [2.05, 4.69) is 15.8 Å². The maximum Gasteiger partial charge on any atom is 0.343 e. The first-order chi connectivity index (χ1) is 15.3. The standard InChI is InChI=1S/C24H20ClN3O4/c1-15-10-12-17(13-11-15)24(31)32-21-9-4-3-8-20(21)16(2)27-28-23(30)22(29)26-19-7-5-6-18(25)14-19/h3-14H,1-2H3,(H,26,29)(H,28,30)/b27-16+. The van der Waals surface area contributed by atoms with Crippen LogP contribution >= 0.6 is 11.6 Å². The number of hydrazone groups is 1. The minimum absolute atomic E-state index is 0.275. The fraction of sp³-hybridized carbons (Fsp3) is 0.0833. The molecule has 3 rings (SSSR count). The number of aryl methyl sites for hydroxylation is 1. The molecule has 0 aliphatic carbocycles. The first-order valence-corrected chi connectivity index (χ1v) is 10.0. The lowest BCUT2D eigenvalue weighted by Crippen LogP contribution is -2.33. The van der Waals surface area contributed by atoms with E-state index in [0.717, 1.165) is 5.56 Å². The Labute approximate surface area is 190 Å². The number of ether oxygens (including phenoxy) is 1. The van der Waals surface area contributed by atoms with Gasteiger partial charge in [0, 0.05) is 16.3 Å². The smallest absolute Gasteiger partial charge is 0.343 e. The van der Waals surface area contributed by atoms with Gasteiger partial charge in [-0.05, 0) is 56.3 Å². The number of para-hydroxylation sites is 1. The van der Waals surface area contributed by atoms with Crippen molar-refractivity contribution >= 4 is 40.8 Å². The molecule has 0 bridgehead atoms. The summed E-state index contributed by atoms with van der Waals surface area (Å²) in [6, 6.07) is 20.2. The summed E-state index contributed by atoms with van der Waals surface area (Å²) in [6.45, 7) is 3.54. The molecule has 3 aromatic carbocycles. The SMILES string of the molecule is C/C(=N\NC(=O)C(=O)Nc1cccc(Cl)c1)c1ccccc1OC(=O)c1ccc(C)cc1. The van der Waals surface area contributed by atoms with Gasteiger partial charge in [-0.25, -0.2) is 10.2 Å². The zero-order valence-corrected chi connectivity index (χ0v) is 18.1. The number of carbonyl (C=O) groups is 3. The topological polar surface area (TPSA) is 96.9 Å². The van der Waals surface area contributed by atoms with Crippen LogP contribution in [-0.2, 0) is 9.59 Å². The summed E-state index contributed by atoms with van der Waals surface area (Å²) >= 11 is 5.87. The lowest BCUT2D eigenvalue weighted by atomic mass is 10.1. The van der Waals surface area contributed by atoms with Crippen molar-refractivity contribution in [3.8, 4) is 5.75 Å². The Hall–Kier alpha value is -3.97. The summed E-state index contributed by atoms with van der Waals surface area (Å²) in [5, 5.41) is 6.82. The van der Waals surface area contributed by atoms with Crippen molar-refractivity contribution in [3.05, 3.63) is 94.5 Å². The van der Waals surface area contributed by atoms with Crippen molar-refractivity contribution in [2.24, 2.45) is 5.10 Å². The van der Waals surface area contributed by atoms with E-state index >= 15 is 0 Å². The van der Waals surface area contributed by atoms with Gasteiger partial charge in [0.1, 0.15) is 5.75 Å². The Kier molecular flexibility index (Phi) is 7.36. The highest BCUT2D eigenvalue weighted by atomic mass is 35.5. The Morgan fingerprint density at radius 3 is 2.34 bits per heavy atom. The second-order valence-corrected chi connectivity index (χ2v) is 7.29. The third-order valence-corrected chi connectivity index (χ3v) is 4.62. The lowest BCUT2D eigenvalue weighted by molar-refractivity contribution is -0.136. The van der Waals surface area contributed by atoms with Gasteiger partial charge in [-0.1, -0.05) is 47.5 Å². The molecule has 0 heterocycles. The van der Waals surface area contributed by atoms with Crippen LogP contribution < -0.4 is 15.5 Å². The molecule has 0 atom stereocenters. The van der Waals surface area contributed by atoms with Crippen LogP contribution in [0.2, 0.25) is 5.02 Å². The van der Waals surface area contributed by atoms with E-state index in [1.807, 2.05) is 19.1 Å². The Balaban J connectivity index is 1.68. The number of hydrogen-bond donors (Lipinski definition) is 2. The quantitative estimate of drug-likeness (QED) is 0.199. The van der Waals surface area contributed by atoms with Crippen molar-refractivity contribution in [1.29, 1.82) is 0 Å². The number of amides is 2. The lowest BCUT2D eigenvalue weighted by Gasteiger charge is -2.10. The van der Waals surface area contributed by atoms with E-state index in [1.54, 1.807) is 61.5 Å². The highest BCUT2D eigenvalue weighted by Gasteiger charge is 2.16. The summed E-state index contributed by atoms with van der Waals surface area (Å²) in [7, 11) is 0. The largest absolute Gasteiger partial charge is 0.422 e. The molecule has 0 radical (unpaired) electrons. The molecule has 7 nitrogen and oxygen atoms in total. The van der Waals surface area contributed by atoms with Gasteiger partial charge in [0.25, 0.3) is 0 Å². The van der Waals surface area contributed by atoms with Crippen LogP contribution in [0.5, 0.6) is 5.75 Å². The zero-order valence-electron chi connectivity index (χ0n) is 17.4. The second kappa shape index (κ2) is 10.4. The Bertz CT molecular complexity index is 1190. The molecule has 0 aliphatic heterocycles. The normalized spacial score (nSPS) is 10.9. The van der Waals surface area contributed by atoms with Gasteiger partial charge in [-0.2, -0.15) is 5.10 Å². The number of halogens is 1. The number of hydrogen-bond acceptors (Lipinski definition) is 5. The molecular weight excluding hydrogens is 430 g/mol. The molecule has 2 amide bonds. The molecule has 32 heavy (non-hydrogen) atoms. The van der Waals surface area contributed by atoms with Gasteiger partial charge >= 0.3 is 17.8 Å². The van der Waals surface area contributed by atoms with Crippen molar-refractivity contribution < 1.29 is 19.1 Å². The fourth-order valence-corrected chi connectivity index (χ4v) is 2.89. The zero-order chi connectivity index (χ0) is 23.1. The van der Waals surface area contributed by atoms with E-state index in [0.29, 0.717) is 27.5 Å². The van der Waals surface area contributed by atoms with Gasteiger partial charge in [-0.15, -0.1) is 0 Å². The predicted molar refractivity (Wildman–Crippen MR) is 123 cm³/mol. The van der Waals surface area contributed by atoms with Gasteiger partial charge in [0.15, 0.2) is 0 Å². The van der Waals surface area contributed by atoms with Gasteiger partial charge in [-0.3, -0.25) is 9.59 Å². The van der Waals surface area contributed by atoms with Crippen LogP contribution in [0.4, 0.5) is 5.69 Å². The first kappa shape index (κ1) is 22.7. The third-order valence-electron chi connectivity index (χ3n) is 4.38. The summed E-state index contributed by atoms with van der Waals surface area (Å²) in [5.74, 6) is -2.10. The van der Waals surface area contributed by atoms with Crippen LogP contribution in [0.3, 0.4) is 0 Å². The average Bonchev–Trinajstić information content (AvgIpc) is 2.78. The predicted octanol–water partition coefficient (Wildman–Crippen LogP) is 4.35. The highest BCUT2D eigenvalue weighted by molar-refractivity contribution is 6.40. The van der Waals surface area contributed by atoms with Gasteiger partial charge in [0.05, 0.1) is 11.3 Å². The third kappa shape index (κ3) is 6.02.